The van der Waals surface area contributed by atoms with E-state index in [4.69, 9.17) is 4.74 Å². The fraction of sp³-hybridized carbons (Fsp3) is 0.435. The van der Waals surface area contributed by atoms with E-state index in [1.165, 1.54) is 5.56 Å². The van der Waals surface area contributed by atoms with Crippen LogP contribution in [0, 0.1) is 5.92 Å². The van der Waals surface area contributed by atoms with Gasteiger partial charge in [0.25, 0.3) is 5.91 Å². The number of likely N-dealkylation sites (tertiary alicyclic amines) is 1. The summed E-state index contributed by atoms with van der Waals surface area (Å²) in [6.45, 7) is 1.53. The lowest BCUT2D eigenvalue weighted by atomic mass is 9.97. The highest BCUT2D eigenvalue weighted by molar-refractivity contribution is 5.94. The number of methoxy groups -OCH3 is 1. The first-order valence-corrected chi connectivity index (χ1v) is 10.3. The minimum Gasteiger partial charge on any atom is -0.481 e. The van der Waals surface area contributed by atoms with Crippen LogP contribution in [0.15, 0.2) is 42.6 Å². The van der Waals surface area contributed by atoms with Gasteiger partial charge in [-0.1, -0.05) is 24.3 Å². The highest BCUT2D eigenvalue weighted by Crippen LogP contribution is 2.23. The molecule has 6 nitrogen and oxygen atoms in total. The van der Waals surface area contributed by atoms with Gasteiger partial charge in [0.15, 0.2) is 0 Å². The number of hydrogen-bond donors (Lipinski definition) is 1. The molecule has 2 fully saturated rings. The Morgan fingerprint density at radius 2 is 1.86 bits per heavy atom. The molecule has 6 heteroatoms. The zero-order valence-electron chi connectivity index (χ0n) is 16.8. The van der Waals surface area contributed by atoms with E-state index in [2.05, 4.69) is 22.4 Å². The Labute approximate surface area is 171 Å². The SMILES string of the molecule is COc1ccc(C(=O)N2CCC(Cc3ccc(CC(=O)NC4CC4)cc3)C2)cn1. The van der Waals surface area contributed by atoms with Crippen molar-refractivity contribution in [3.63, 3.8) is 0 Å². The molecule has 152 valence electrons. The first-order valence-electron chi connectivity index (χ1n) is 10.3. The van der Waals surface area contributed by atoms with E-state index in [-0.39, 0.29) is 11.8 Å². The monoisotopic (exact) mass is 393 g/mol. The van der Waals surface area contributed by atoms with Crippen LogP contribution in [0.3, 0.4) is 0 Å². The van der Waals surface area contributed by atoms with Gasteiger partial charge in [-0.2, -0.15) is 0 Å². The van der Waals surface area contributed by atoms with Gasteiger partial charge < -0.3 is 15.0 Å². The molecule has 1 saturated heterocycles. The van der Waals surface area contributed by atoms with Crippen LogP contribution in [-0.4, -0.2) is 47.9 Å². The smallest absolute Gasteiger partial charge is 0.255 e. The molecule has 1 aromatic heterocycles. The van der Waals surface area contributed by atoms with Gasteiger partial charge in [-0.05, 0) is 48.8 Å². The maximum absolute atomic E-state index is 12.7. The summed E-state index contributed by atoms with van der Waals surface area (Å²) in [5.41, 5.74) is 2.89. The van der Waals surface area contributed by atoms with Crippen LogP contribution in [0.5, 0.6) is 5.88 Å². The number of pyridine rings is 1. The molecule has 0 spiro atoms. The highest BCUT2D eigenvalue weighted by Gasteiger charge is 2.27. The molecule has 29 heavy (non-hydrogen) atoms. The highest BCUT2D eigenvalue weighted by atomic mass is 16.5. The number of carbonyl (C=O) groups is 2. The number of nitrogens with zero attached hydrogens (tertiary/aromatic N) is 2. The van der Waals surface area contributed by atoms with Crippen LogP contribution in [0.2, 0.25) is 0 Å². The summed E-state index contributed by atoms with van der Waals surface area (Å²) >= 11 is 0. The summed E-state index contributed by atoms with van der Waals surface area (Å²) in [5.74, 6) is 1.10. The van der Waals surface area contributed by atoms with Gasteiger partial charge in [0.2, 0.25) is 11.8 Å². The fourth-order valence-corrected chi connectivity index (χ4v) is 3.81. The number of nitrogens with one attached hydrogen (secondary N) is 1. The lowest BCUT2D eigenvalue weighted by Gasteiger charge is -2.17. The zero-order chi connectivity index (χ0) is 20.2. The van der Waals surface area contributed by atoms with Gasteiger partial charge in [-0.3, -0.25) is 9.59 Å². The Balaban J connectivity index is 1.27. The van der Waals surface area contributed by atoms with E-state index >= 15 is 0 Å². The van der Waals surface area contributed by atoms with Crippen molar-refractivity contribution in [2.75, 3.05) is 20.2 Å². The van der Waals surface area contributed by atoms with Crippen molar-refractivity contribution in [2.45, 2.75) is 38.1 Å². The number of carbonyl (C=O) groups excluding carboxylic acids is 2. The summed E-state index contributed by atoms with van der Waals surface area (Å²) in [7, 11) is 1.56. The minimum atomic E-state index is 0.0275. The van der Waals surface area contributed by atoms with E-state index in [1.54, 1.807) is 25.4 Å². The summed E-state index contributed by atoms with van der Waals surface area (Å²) < 4.78 is 5.05. The van der Waals surface area contributed by atoms with E-state index in [1.807, 2.05) is 17.0 Å². The van der Waals surface area contributed by atoms with Crippen molar-refractivity contribution in [1.29, 1.82) is 0 Å². The average molecular weight is 393 g/mol. The van der Waals surface area contributed by atoms with Crippen LogP contribution < -0.4 is 10.1 Å². The Morgan fingerprint density at radius 3 is 2.52 bits per heavy atom. The molecule has 0 bridgehead atoms. The number of hydrogen-bond acceptors (Lipinski definition) is 4. The number of rotatable bonds is 7. The van der Waals surface area contributed by atoms with Crippen molar-refractivity contribution < 1.29 is 14.3 Å². The van der Waals surface area contributed by atoms with E-state index < -0.39 is 0 Å². The molecule has 1 aromatic carbocycles. The van der Waals surface area contributed by atoms with Gasteiger partial charge in [0.05, 0.1) is 19.1 Å². The number of ether oxygens (including phenoxy) is 1. The van der Waals surface area contributed by atoms with Crippen LogP contribution in [-0.2, 0) is 17.6 Å². The first kappa shape index (κ1) is 19.4. The molecule has 1 aliphatic heterocycles. The molecule has 2 aliphatic rings. The number of amides is 2. The molecule has 2 heterocycles. The minimum absolute atomic E-state index is 0.0275. The lowest BCUT2D eigenvalue weighted by Crippen LogP contribution is -2.29. The summed E-state index contributed by atoms with van der Waals surface area (Å²) in [6.07, 6.45) is 6.19. The summed E-state index contributed by atoms with van der Waals surface area (Å²) in [5, 5.41) is 3.02. The molecule has 1 saturated carbocycles. The molecule has 1 aliphatic carbocycles. The van der Waals surface area contributed by atoms with Gasteiger partial charge in [0.1, 0.15) is 0 Å². The maximum atomic E-state index is 12.7. The molecule has 1 atom stereocenters. The molecular formula is C23H27N3O3. The molecule has 4 rings (SSSR count). The van der Waals surface area contributed by atoms with Crippen LogP contribution in [0.25, 0.3) is 0 Å². The second-order valence-corrected chi connectivity index (χ2v) is 8.03. The van der Waals surface area contributed by atoms with Crippen molar-refractivity contribution in [1.82, 2.24) is 15.2 Å². The summed E-state index contributed by atoms with van der Waals surface area (Å²) in [6, 6.07) is 12.2. The third kappa shape index (κ3) is 5.13. The second-order valence-electron chi connectivity index (χ2n) is 8.03. The maximum Gasteiger partial charge on any atom is 0.255 e. The standard InChI is InChI=1S/C23H27N3O3/c1-29-22-9-6-19(14-24-22)23(28)26-11-10-18(15-26)12-16-2-4-17(5-3-16)13-21(27)25-20-7-8-20/h2-6,9,14,18,20H,7-8,10-13,15H2,1H3,(H,25,27). The molecule has 0 radical (unpaired) electrons. The quantitative estimate of drug-likeness (QED) is 0.785. The van der Waals surface area contributed by atoms with E-state index in [0.717, 1.165) is 44.3 Å². The summed E-state index contributed by atoms with van der Waals surface area (Å²) in [4.78, 5) is 30.6. The normalized spacial score (nSPS) is 18.5. The van der Waals surface area contributed by atoms with Crippen molar-refractivity contribution in [2.24, 2.45) is 5.92 Å². The van der Waals surface area contributed by atoms with Crippen LogP contribution >= 0.6 is 0 Å². The molecule has 1 N–H and O–H groups in total. The van der Waals surface area contributed by atoms with Crippen LogP contribution in [0.4, 0.5) is 0 Å². The van der Waals surface area contributed by atoms with Gasteiger partial charge >= 0.3 is 0 Å². The number of benzene rings is 1. The topological polar surface area (TPSA) is 71.5 Å². The predicted octanol–water partition coefficient (Wildman–Crippen LogP) is 2.62. The van der Waals surface area contributed by atoms with Crippen molar-refractivity contribution in [3.8, 4) is 5.88 Å². The molecule has 2 aromatic rings. The number of aromatic nitrogens is 1. The molecule has 1 unspecified atom stereocenters. The Bertz CT molecular complexity index is 860. The van der Waals surface area contributed by atoms with Crippen molar-refractivity contribution >= 4 is 11.8 Å². The Hall–Kier alpha value is -2.89. The molecular weight excluding hydrogens is 366 g/mol. The third-order valence-electron chi connectivity index (χ3n) is 5.62. The fourth-order valence-electron chi connectivity index (χ4n) is 3.81. The second kappa shape index (κ2) is 8.64. The van der Waals surface area contributed by atoms with Gasteiger partial charge in [-0.15, -0.1) is 0 Å². The first-order chi connectivity index (χ1) is 14.1. The van der Waals surface area contributed by atoms with Gasteiger partial charge in [0, 0.05) is 31.4 Å². The third-order valence-corrected chi connectivity index (χ3v) is 5.62. The largest absolute Gasteiger partial charge is 0.481 e. The predicted molar refractivity (Wildman–Crippen MR) is 110 cm³/mol. The van der Waals surface area contributed by atoms with Crippen LogP contribution in [0.1, 0.15) is 40.7 Å². The lowest BCUT2D eigenvalue weighted by molar-refractivity contribution is -0.120. The molecule has 2 amide bonds. The van der Waals surface area contributed by atoms with E-state index in [9.17, 15) is 9.59 Å². The Morgan fingerprint density at radius 1 is 1.10 bits per heavy atom. The Kier molecular flexibility index (Phi) is 5.79. The van der Waals surface area contributed by atoms with E-state index in [0.29, 0.717) is 29.8 Å². The van der Waals surface area contributed by atoms with Crippen molar-refractivity contribution in [3.05, 3.63) is 59.3 Å². The zero-order valence-corrected chi connectivity index (χ0v) is 16.8. The average Bonchev–Trinajstić information content (AvgIpc) is 3.43. The van der Waals surface area contributed by atoms with Gasteiger partial charge in [-0.25, -0.2) is 4.98 Å².